The first-order chi connectivity index (χ1) is 8.73. The number of carbonyl (C=O) groups excluding carboxylic acids is 1. The molecule has 1 aliphatic carbocycles. The molecule has 2 fully saturated rings. The molecule has 4 heteroatoms. The van der Waals surface area contributed by atoms with Crippen LogP contribution < -0.4 is 0 Å². The number of aliphatic hydroxyl groups excluding tert-OH is 1. The molecule has 1 N–H and O–H groups in total. The molecular weight excluding hydrogens is 228 g/mol. The van der Waals surface area contributed by atoms with Crippen molar-refractivity contribution >= 4 is 5.91 Å². The Bertz CT molecular complexity index is 342. The zero-order valence-electron chi connectivity index (χ0n) is 10.9. The van der Waals surface area contributed by atoms with Crippen LogP contribution in [-0.2, 0) is 4.79 Å². The molecule has 0 aromatic rings. The number of aliphatic hydroxyl groups is 1. The van der Waals surface area contributed by atoms with Gasteiger partial charge in [-0.3, -0.25) is 4.79 Å². The van der Waals surface area contributed by atoms with Gasteiger partial charge in [0.2, 0.25) is 5.91 Å². The zero-order chi connectivity index (χ0) is 13.0. The third kappa shape index (κ3) is 2.37. The van der Waals surface area contributed by atoms with Crippen LogP contribution in [-0.4, -0.2) is 35.1 Å². The van der Waals surface area contributed by atoms with Gasteiger partial charge in [-0.2, -0.15) is 5.26 Å². The average molecular weight is 250 g/mol. The van der Waals surface area contributed by atoms with Crippen molar-refractivity contribution in [3.8, 4) is 6.07 Å². The van der Waals surface area contributed by atoms with Crippen LogP contribution in [0.1, 0.15) is 51.4 Å². The molecule has 1 unspecified atom stereocenters. The Balaban J connectivity index is 2.15. The van der Waals surface area contributed by atoms with Crippen LogP contribution in [0.2, 0.25) is 0 Å². The second-order valence-corrected chi connectivity index (χ2v) is 5.59. The highest BCUT2D eigenvalue weighted by Crippen LogP contribution is 2.38. The third-order valence-corrected chi connectivity index (χ3v) is 4.43. The number of nitrogens with zero attached hydrogens (tertiary/aromatic N) is 2. The number of amides is 1. The molecule has 0 spiro atoms. The minimum Gasteiger partial charge on any atom is -0.394 e. The van der Waals surface area contributed by atoms with E-state index in [-0.39, 0.29) is 18.6 Å². The number of piperidine rings is 1. The highest BCUT2D eigenvalue weighted by molar-refractivity contribution is 5.86. The highest BCUT2D eigenvalue weighted by Gasteiger charge is 2.44. The lowest BCUT2D eigenvalue weighted by molar-refractivity contribution is -0.145. The van der Waals surface area contributed by atoms with E-state index in [1.54, 1.807) is 4.90 Å². The van der Waals surface area contributed by atoms with Crippen molar-refractivity contribution in [2.75, 3.05) is 13.2 Å². The van der Waals surface area contributed by atoms with Crippen LogP contribution in [0.5, 0.6) is 0 Å². The summed E-state index contributed by atoms with van der Waals surface area (Å²) < 4.78 is 0. The van der Waals surface area contributed by atoms with Gasteiger partial charge in [0.25, 0.3) is 0 Å². The summed E-state index contributed by atoms with van der Waals surface area (Å²) in [6.45, 7) is 0.723. The van der Waals surface area contributed by atoms with Gasteiger partial charge in [0.15, 0.2) is 0 Å². The summed E-state index contributed by atoms with van der Waals surface area (Å²) in [5.41, 5.74) is -0.803. The van der Waals surface area contributed by atoms with E-state index < -0.39 is 5.41 Å². The maximum Gasteiger partial charge on any atom is 0.243 e. The Labute approximate surface area is 109 Å². The van der Waals surface area contributed by atoms with E-state index in [0.29, 0.717) is 19.4 Å². The van der Waals surface area contributed by atoms with Crippen LogP contribution >= 0.6 is 0 Å². The summed E-state index contributed by atoms with van der Waals surface area (Å²) in [6.07, 6.45) is 7.37. The fraction of sp³-hybridized carbons (Fsp3) is 0.857. The summed E-state index contributed by atoms with van der Waals surface area (Å²) in [5, 5.41) is 18.8. The lowest BCUT2D eigenvalue weighted by Gasteiger charge is -2.40. The van der Waals surface area contributed by atoms with Gasteiger partial charge in [0.1, 0.15) is 5.41 Å². The first kappa shape index (κ1) is 13.4. The third-order valence-electron chi connectivity index (χ3n) is 4.43. The molecule has 100 valence electrons. The molecule has 18 heavy (non-hydrogen) atoms. The van der Waals surface area contributed by atoms with E-state index in [9.17, 15) is 15.2 Å². The first-order valence-electron chi connectivity index (χ1n) is 7.07. The smallest absolute Gasteiger partial charge is 0.243 e. The molecule has 0 aromatic heterocycles. The molecule has 4 nitrogen and oxygen atoms in total. The molecule has 1 heterocycles. The van der Waals surface area contributed by atoms with Gasteiger partial charge in [-0.05, 0) is 32.1 Å². The monoisotopic (exact) mass is 250 g/mol. The number of hydrogen-bond donors (Lipinski definition) is 1. The minimum absolute atomic E-state index is 0.0211. The Morgan fingerprint density at radius 1 is 1.28 bits per heavy atom. The lowest BCUT2D eigenvalue weighted by atomic mass is 9.73. The standard InChI is InChI=1S/C14H22N2O2/c15-11-14(7-3-1-4-8-14)13(18)16-9-5-2-6-12(16)10-17/h12,17H,1-10H2. The quantitative estimate of drug-likeness (QED) is 0.813. The number of likely N-dealkylation sites (tertiary alicyclic amines) is 1. The maximum absolute atomic E-state index is 12.7. The topological polar surface area (TPSA) is 64.3 Å². The molecule has 1 saturated carbocycles. The molecule has 0 bridgehead atoms. The fourth-order valence-corrected chi connectivity index (χ4v) is 3.26. The summed E-state index contributed by atoms with van der Waals surface area (Å²) >= 11 is 0. The molecule has 0 aromatic carbocycles. The lowest BCUT2D eigenvalue weighted by Crippen LogP contribution is -2.52. The molecule has 1 atom stereocenters. The van der Waals surface area contributed by atoms with Crippen molar-refractivity contribution in [1.82, 2.24) is 4.90 Å². The van der Waals surface area contributed by atoms with Gasteiger partial charge in [0.05, 0.1) is 18.7 Å². The second kappa shape index (κ2) is 5.71. The van der Waals surface area contributed by atoms with E-state index in [1.807, 2.05) is 0 Å². The van der Waals surface area contributed by atoms with Crippen molar-refractivity contribution in [2.24, 2.45) is 5.41 Å². The van der Waals surface area contributed by atoms with E-state index in [2.05, 4.69) is 6.07 Å². The highest BCUT2D eigenvalue weighted by atomic mass is 16.3. The molecule has 2 rings (SSSR count). The molecule has 1 aliphatic heterocycles. The fourth-order valence-electron chi connectivity index (χ4n) is 3.26. The van der Waals surface area contributed by atoms with Crippen molar-refractivity contribution in [1.29, 1.82) is 5.26 Å². The second-order valence-electron chi connectivity index (χ2n) is 5.59. The van der Waals surface area contributed by atoms with Gasteiger partial charge >= 0.3 is 0 Å². The van der Waals surface area contributed by atoms with E-state index in [1.165, 1.54) is 0 Å². The van der Waals surface area contributed by atoms with Gasteiger partial charge in [0, 0.05) is 6.54 Å². The minimum atomic E-state index is -0.803. The first-order valence-corrected chi connectivity index (χ1v) is 7.07. The predicted molar refractivity (Wildman–Crippen MR) is 67.6 cm³/mol. The molecule has 2 aliphatic rings. The van der Waals surface area contributed by atoms with Crippen molar-refractivity contribution in [2.45, 2.75) is 57.4 Å². The summed E-state index contributed by atoms with van der Waals surface area (Å²) in [7, 11) is 0. The van der Waals surface area contributed by atoms with E-state index in [4.69, 9.17) is 0 Å². The Morgan fingerprint density at radius 3 is 2.61 bits per heavy atom. The van der Waals surface area contributed by atoms with E-state index in [0.717, 1.165) is 38.5 Å². The Hall–Kier alpha value is -1.08. The van der Waals surface area contributed by atoms with Crippen LogP contribution in [0.25, 0.3) is 0 Å². The normalized spacial score (nSPS) is 27.6. The average Bonchev–Trinajstić information content (AvgIpc) is 2.47. The zero-order valence-corrected chi connectivity index (χ0v) is 10.9. The largest absolute Gasteiger partial charge is 0.394 e. The SMILES string of the molecule is N#CC1(C(=O)N2CCCCC2CO)CCCCC1. The number of carbonyl (C=O) groups is 1. The van der Waals surface area contributed by atoms with Gasteiger partial charge in [-0.15, -0.1) is 0 Å². The van der Waals surface area contributed by atoms with Crippen molar-refractivity contribution in [3.05, 3.63) is 0 Å². The number of rotatable bonds is 2. The predicted octanol–water partition coefficient (Wildman–Crippen LogP) is 1.83. The maximum atomic E-state index is 12.7. The molecule has 1 amide bonds. The molecule has 1 saturated heterocycles. The van der Waals surface area contributed by atoms with Crippen molar-refractivity contribution < 1.29 is 9.90 Å². The Morgan fingerprint density at radius 2 is 2.00 bits per heavy atom. The van der Waals surface area contributed by atoms with Crippen LogP contribution in [0.3, 0.4) is 0 Å². The van der Waals surface area contributed by atoms with Gasteiger partial charge in [-0.25, -0.2) is 0 Å². The summed E-state index contributed by atoms with van der Waals surface area (Å²) in [5.74, 6) is -0.0246. The summed E-state index contributed by atoms with van der Waals surface area (Å²) in [6, 6.07) is 2.22. The van der Waals surface area contributed by atoms with Crippen molar-refractivity contribution in [3.63, 3.8) is 0 Å². The number of nitriles is 1. The van der Waals surface area contributed by atoms with Gasteiger partial charge in [-0.1, -0.05) is 19.3 Å². The van der Waals surface area contributed by atoms with Crippen LogP contribution in [0.4, 0.5) is 0 Å². The van der Waals surface area contributed by atoms with Crippen LogP contribution in [0, 0.1) is 16.7 Å². The van der Waals surface area contributed by atoms with Crippen LogP contribution in [0.15, 0.2) is 0 Å². The Kier molecular flexibility index (Phi) is 4.23. The number of hydrogen-bond acceptors (Lipinski definition) is 3. The molecular formula is C14H22N2O2. The van der Waals surface area contributed by atoms with Gasteiger partial charge < -0.3 is 10.0 Å². The summed E-state index contributed by atoms with van der Waals surface area (Å²) in [4.78, 5) is 14.4. The molecule has 0 radical (unpaired) electrons. The van der Waals surface area contributed by atoms with E-state index >= 15 is 0 Å².